The molecule has 1 aromatic heterocycles. The number of esters is 1. The molecule has 132 valence electrons. The lowest BCUT2D eigenvalue weighted by molar-refractivity contribution is -0.151. The quantitative estimate of drug-likeness (QED) is 0.743. The summed E-state index contributed by atoms with van der Waals surface area (Å²) < 4.78 is 10.3. The van der Waals surface area contributed by atoms with Gasteiger partial charge in [-0.05, 0) is 42.0 Å². The number of nitrogens with zero attached hydrogens (tertiary/aromatic N) is 1. The Morgan fingerprint density at radius 2 is 2.04 bits per heavy atom. The van der Waals surface area contributed by atoms with Gasteiger partial charge in [-0.3, -0.25) is 9.59 Å². The lowest BCUT2D eigenvalue weighted by Crippen LogP contribution is -2.34. The molecule has 0 radical (unpaired) electrons. The van der Waals surface area contributed by atoms with Crippen LogP contribution in [0.4, 0.5) is 0 Å². The molecule has 1 atom stereocenters. The van der Waals surface area contributed by atoms with Crippen LogP contribution in [0.1, 0.15) is 29.3 Å². The molecule has 0 saturated carbocycles. The predicted octanol–water partition coefficient (Wildman–Crippen LogP) is 3.21. The van der Waals surface area contributed by atoms with Gasteiger partial charge in [0.15, 0.2) is 6.61 Å². The van der Waals surface area contributed by atoms with Crippen LogP contribution in [0.15, 0.2) is 41.8 Å². The highest BCUT2D eigenvalue weighted by Crippen LogP contribution is 2.34. The van der Waals surface area contributed by atoms with E-state index in [1.807, 2.05) is 28.5 Å². The van der Waals surface area contributed by atoms with Gasteiger partial charge < -0.3 is 14.4 Å². The molecule has 0 N–H and O–H groups in total. The Bertz CT molecular complexity index is 712. The van der Waals surface area contributed by atoms with Crippen molar-refractivity contribution in [3.63, 3.8) is 0 Å². The van der Waals surface area contributed by atoms with E-state index in [4.69, 9.17) is 9.47 Å². The number of carbonyl (C=O) groups excluding carboxylic acids is 2. The van der Waals surface area contributed by atoms with Crippen molar-refractivity contribution in [2.75, 3.05) is 20.3 Å². The van der Waals surface area contributed by atoms with Crippen molar-refractivity contribution in [1.82, 2.24) is 4.90 Å². The number of rotatable bonds is 6. The van der Waals surface area contributed by atoms with Crippen LogP contribution < -0.4 is 4.74 Å². The lowest BCUT2D eigenvalue weighted by Gasteiger charge is -2.23. The van der Waals surface area contributed by atoms with Gasteiger partial charge in [0.2, 0.25) is 0 Å². The molecule has 0 spiro atoms. The Morgan fingerprint density at radius 1 is 1.24 bits per heavy atom. The van der Waals surface area contributed by atoms with E-state index in [9.17, 15) is 9.59 Å². The molecule has 1 amide bonds. The van der Waals surface area contributed by atoms with Gasteiger partial charge in [-0.1, -0.05) is 18.2 Å². The monoisotopic (exact) mass is 359 g/mol. The largest absolute Gasteiger partial charge is 0.497 e. The summed E-state index contributed by atoms with van der Waals surface area (Å²) in [6.07, 6.45) is 2.09. The first-order valence-corrected chi connectivity index (χ1v) is 9.17. The summed E-state index contributed by atoms with van der Waals surface area (Å²) in [6.45, 7) is 0.522. The molecule has 0 aliphatic carbocycles. The molecule has 1 aromatic carbocycles. The van der Waals surface area contributed by atoms with Crippen LogP contribution in [-0.4, -0.2) is 37.0 Å². The van der Waals surface area contributed by atoms with Crippen molar-refractivity contribution in [3.8, 4) is 5.75 Å². The zero-order valence-electron chi connectivity index (χ0n) is 14.1. The van der Waals surface area contributed by atoms with Crippen LogP contribution in [0, 0.1) is 0 Å². The standard InChI is InChI=1S/C19H21NO4S/c1-23-15-8-6-14(7-9-15)12-19(22)24-13-18(21)20-10-2-4-16(20)17-5-3-11-25-17/h3,5-9,11,16H,2,4,10,12-13H2,1H3/t16-/m1/s1. The van der Waals surface area contributed by atoms with Crippen LogP contribution in [0.5, 0.6) is 5.75 Å². The SMILES string of the molecule is COc1ccc(CC(=O)OCC(=O)N2CCC[C@@H]2c2cccs2)cc1. The summed E-state index contributed by atoms with van der Waals surface area (Å²) >= 11 is 1.66. The highest BCUT2D eigenvalue weighted by molar-refractivity contribution is 7.10. The van der Waals surface area contributed by atoms with E-state index < -0.39 is 5.97 Å². The summed E-state index contributed by atoms with van der Waals surface area (Å²) in [5, 5.41) is 2.02. The van der Waals surface area contributed by atoms with Crippen molar-refractivity contribution >= 4 is 23.2 Å². The minimum Gasteiger partial charge on any atom is -0.497 e. The second kappa shape index (κ2) is 8.16. The first kappa shape index (κ1) is 17.5. The maximum absolute atomic E-state index is 12.4. The van der Waals surface area contributed by atoms with Crippen LogP contribution in [-0.2, 0) is 20.7 Å². The third-order valence-electron chi connectivity index (χ3n) is 4.31. The van der Waals surface area contributed by atoms with Gasteiger partial charge in [-0.2, -0.15) is 0 Å². The maximum Gasteiger partial charge on any atom is 0.310 e. The van der Waals surface area contributed by atoms with Crippen molar-refractivity contribution in [2.24, 2.45) is 0 Å². The molecule has 0 unspecified atom stereocenters. The topological polar surface area (TPSA) is 55.8 Å². The zero-order valence-corrected chi connectivity index (χ0v) is 15.0. The van der Waals surface area contributed by atoms with Crippen molar-refractivity contribution in [1.29, 1.82) is 0 Å². The van der Waals surface area contributed by atoms with Gasteiger partial charge in [0.1, 0.15) is 5.75 Å². The van der Waals surface area contributed by atoms with Gasteiger partial charge in [0.25, 0.3) is 5.91 Å². The lowest BCUT2D eigenvalue weighted by atomic mass is 10.1. The molecular formula is C19H21NO4S. The van der Waals surface area contributed by atoms with E-state index in [0.29, 0.717) is 0 Å². The number of amides is 1. The predicted molar refractivity (Wildman–Crippen MR) is 95.7 cm³/mol. The third-order valence-corrected chi connectivity index (χ3v) is 5.28. The van der Waals surface area contributed by atoms with E-state index in [-0.39, 0.29) is 25.0 Å². The Labute approximate surface area is 151 Å². The molecule has 1 aliphatic rings. The molecule has 3 rings (SSSR count). The highest BCUT2D eigenvalue weighted by Gasteiger charge is 2.30. The van der Waals surface area contributed by atoms with Gasteiger partial charge in [-0.15, -0.1) is 11.3 Å². The summed E-state index contributed by atoms with van der Waals surface area (Å²) in [6, 6.07) is 11.4. The van der Waals surface area contributed by atoms with Crippen molar-refractivity contribution in [2.45, 2.75) is 25.3 Å². The number of carbonyl (C=O) groups is 2. The van der Waals surface area contributed by atoms with Crippen molar-refractivity contribution < 1.29 is 19.1 Å². The number of thiophene rings is 1. The van der Waals surface area contributed by atoms with Crippen LogP contribution in [0.2, 0.25) is 0 Å². The van der Waals surface area contributed by atoms with E-state index in [1.165, 1.54) is 4.88 Å². The fourth-order valence-corrected chi connectivity index (χ4v) is 3.90. The highest BCUT2D eigenvalue weighted by atomic mass is 32.1. The third kappa shape index (κ3) is 4.39. The average molecular weight is 359 g/mol. The fraction of sp³-hybridized carbons (Fsp3) is 0.368. The van der Waals surface area contributed by atoms with Gasteiger partial charge in [0.05, 0.1) is 19.6 Å². The van der Waals surface area contributed by atoms with Gasteiger partial charge >= 0.3 is 5.97 Å². The molecule has 5 nitrogen and oxygen atoms in total. The van der Waals surface area contributed by atoms with Crippen LogP contribution >= 0.6 is 11.3 Å². The van der Waals surface area contributed by atoms with Crippen LogP contribution in [0.25, 0.3) is 0 Å². The molecule has 1 aliphatic heterocycles. The second-order valence-corrected chi connectivity index (χ2v) is 6.93. The minimum absolute atomic E-state index is 0.118. The number of methoxy groups -OCH3 is 1. The first-order chi connectivity index (χ1) is 12.2. The molecule has 1 fully saturated rings. The fourth-order valence-electron chi connectivity index (χ4n) is 3.03. The van der Waals surface area contributed by atoms with E-state index in [2.05, 4.69) is 6.07 Å². The smallest absolute Gasteiger partial charge is 0.310 e. The Kier molecular flexibility index (Phi) is 5.71. The Morgan fingerprint density at radius 3 is 2.72 bits per heavy atom. The molecule has 2 heterocycles. The maximum atomic E-state index is 12.4. The molecule has 1 saturated heterocycles. The number of hydrogen-bond donors (Lipinski definition) is 0. The molecule has 25 heavy (non-hydrogen) atoms. The zero-order chi connectivity index (χ0) is 17.6. The van der Waals surface area contributed by atoms with Crippen LogP contribution in [0.3, 0.4) is 0 Å². The second-order valence-electron chi connectivity index (χ2n) is 5.95. The summed E-state index contributed by atoms with van der Waals surface area (Å²) in [5.41, 5.74) is 0.830. The summed E-state index contributed by atoms with van der Waals surface area (Å²) in [5.74, 6) is 0.213. The number of ether oxygens (including phenoxy) is 2. The van der Waals surface area contributed by atoms with E-state index >= 15 is 0 Å². The van der Waals surface area contributed by atoms with E-state index in [1.54, 1.807) is 30.6 Å². The number of benzene rings is 1. The number of likely N-dealkylation sites (tertiary alicyclic amines) is 1. The molecular weight excluding hydrogens is 338 g/mol. The molecule has 6 heteroatoms. The minimum atomic E-state index is -0.398. The molecule has 0 bridgehead atoms. The average Bonchev–Trinajstić information content (AvgIpc) is 3.31. The Balaban J connectivity index is 1.50. The summed E-state index contributed by atoms with van der Waals surface area (Å²) in [7, 11) is 1.59. The van der Waals surface area contributed by atoms with Gasteiger partial charge in [0, 0.05) is 11.4 Å². The van der Waals surface area contributed by atoms with Crippen molar-refractivity contribution in [3.05, 3.63) is 52.2 Å². The van der Waals surface area contributed by atoms with E-state index in [0.717, 1.165) is 30.7 Å². The Hall–Kier alpha value is -2.34. The number of hydrogen-bond acceptors (Lipinski definition) is 5. The van der Waals surface area contributed by atoms with Gasteiger partial charge in [-0.25, -0.2) is 0 Å². The molecule has 2 aromatic rings. The normalized spacial score (nSPS) is 16.7. The summed E-state index contributed by atoms with van der Waals surface area (Å²) in [4.78, 5) is 27.4. The first-order valence-electron chi connectivity index (χ1n) is 8.29.